The highest BCUT2D eigenvalue weighted by Crippen LogP contribution is 2.36. The first-order chi connectivity index (χ1) is 12.2. The summed E-state index contributed by atoms with van der Waals surface area (Å²) in [6.45, 7) is 1.77. The number of halogens is 3. The molecule has 0 saturated carbocycles. The number of hydrogen-bond donors (Lipinski definition) is 1. The first-order valence-electron chi connectivity index (χ1n) is 7.42. The van der Waals surface area contributed by atoms with Crippen LogP contribution in [-0.4, -0.2) is 19.5 Å². The number of nitrogen functional groups attached to an aromatic ring is 1. The molecule has 3 aromatic rings. The van der Waals surface area contributed by atoms with Crippen molar-refractivity contribution in [3.8, 4) is 6.07 Å². The quantitative estimate of drug-likeness (QED) is 0.552. The molecule has 6 nitrogen and oxygen atoms in total. The Bertz CT molecular complexity index is 1020. The second-order valence-electron chi connectivity index (χ2n) is 5.61. The zero-order valence-corrected chi connectivity index (χ0v) is 14.6. The van der Waals surface area contributed by atoms with Gasteiger partial charge in [0.05, 0.1) is 28.2 Å². The van der Waals surface area contributed by atoms with Gasteiger partial charge in [0, 0.05) is 24.7 Å². The summed E-state index contributed by atoms with van der Waals surface area (Å²) in [7, 11) is 1.81. The van der Waals surface area contributed by atoms with Gasteiger partial charge in [-0.05, 0) is 13.0 Å². The molecule has 3 heterocycles. The summed E-state index contributed by atoms with van der Waals surface area (Å²) in [5, 5.41) is 9.53. The van der Waals surface area contributed by atoms with Gasteiger partial charge in [-0.2, -0.15) is 18.4 Å². The zero-order chi connectivity index (χ0) is 19.1. The van der Waals surface area contributed by atoms with Crippen LogP contribution in [0.3, 0.4) is 0 Å². The summed E-state index contributed by atoms with van der Waals surface area (Å²) in [5.41, 5.74) is 6.28. The van der Waals surface area contributed by atoms with Crippen LogP contribution in [0.2, 0.25) is 0 Å². The minimum atomic E-state index is -4.60. The molecule has 26 heavy (non-hydrogen) atoms. The van der Waals surface area contributed by atoms with Gasteiger partial charge in [-0.25, -0.2) is 9.97 Å². The van der Waals surface area contributed by atoms with Crippen molar-refractivity contribution < 1.29 is 13.2 Å². The van der Waals surface area contributed by atoms with Gasteiger partial charge in [-0.15, -0.1) is 0 Å². The van der Waals surface area contributed by atoms with Gasteiger partial charge >= 0.3 is 6.18 Å². The summed E-state index contributed by atoms with van der Waals surface area (Å²) in [6.07, 6.45) is -1.27. The van der Waals surface area contributed by atoms with Crippen LogP contribution < -0.4 is 5.73 Å². The number of pyridine rings is 1. The molecular formula is C16H13F3N6S. The van der Waals surface area contributed by atoms with Crippen LogP contribution >= 0.6 is 11.8 Å². The predicted octanol–water partition coefficient (Wildman–Crippen LogP) is 3.69. The van der Waals surface area contributed by atoms with Gasteiger partial charge in [0.15, 0.2) is 10.9 Å². The van der Waals surface area contributed by atoms with Crippen LogP contribution in [0.25, 0.3) is 10.9 Å². The number of hydrogen-bond acceptors (Lipinski definition) is 6. The number of aromatic nitrogens is 4. The maximum Gasteiger partial charge on any atom is 0.433 e. The monoisotopic (exact) mass is 378 g/mol. The lowest BCUT2D eigenvalue weighted by Gasteiger charge is -2.12. The molecule has 0 bridgehead atoms. The number of rotatable bonds is 3. The fourth-order valence-electron chi connectivity index (χ4n) is 2.46. The molecule has 10 heteroatoms. The highest BCUT2D eigenvalue weighted by atomic mass is 32.2. The van der Waals surface area contributed by atoms with Crippen molar-refractivity contribution in [2.75, 3.05) is 5.73 Å². The molecular weight excluding hydrogens is 365 g/mol. The maximum absolute atomic E-state index is 12.9. The van der Waals surface area contributed by atoms with Crippen molar-refractivity contribution in [1.29, 1.82) is 5.26 Å². The Labute approximate surface area is 150 Å². The number of nitrogens with zero attached hydrogens (tertiary/aromatic N) is 5. The van der Waals surface area contributed by atoms with E-state index in [1.807, 2.05) is 7.05 Å². The minimum absolute atomic E-state index is 0.0831. The molecule has 134 valence electrons. The minimum Gasteiger partial charge on any atom is -0.384 e. The maximum atomic E-state index is 12.9. The molecule has 3 aromatic heterocycles. The molecule has 1 atom stereocenters. The van der Waals surface area contributed by atoms with E-state index in [1.165, 1.54) is 0 Å². The van der Waals surface area contributed by atoms with E-state index in [4.69, 9.17) is 5.73 Å². The molecule has 0 aromatic carbocycles. The lowest BCUT2D eigenvalue weighted by molar-refractivity contribution is -0.141. The highest BCUT2D eigenvalue weighted by molar-refractivity contribution is 7.99. The van der Waals surface area contributed by atoms with E-state index in [0.29, 0.717) is 17.3 Å². The van der Waals surface area contributed by atoms with E-state index in [1.54, 1.807) is 30.0 Å². The van der Waals surface area contributed by atoms with Gasteiger partial charge < -0.3 is 10.3 Å². The summed E-state index contributed by atoms with van der Waals surface area (Å²) in [6, 6.07) is 4.57. The van der Waals surface area contributed by atoms with Gasteiger partial charge in [0.1, 0.15) is 11.9 Å². The number of thioether (sulfide) groups is 1. The van der Waals surface area contributed by atoms with Crippen molar-refractivity contribution in [1.82, 2.24) is 19.5 Å². The van der Waals surface area contributed by atoms with Crippen LogP contribution in [0.5, 0.6) is 0 Å². The van der Waals surface area contributed by atoms with Gasteiger partial charge in [0.25, 0.3) is 0 Å². The van der Waals surface area contributed by atoms with E-state index >= 15 is 0 Å². The Morgan fingerprint density at radius 3 is 2.69 bits per heavy atom. The van der Waals surface area contributed by atoms with Crippen molar-refractivity contribution in [3.05, 3.63) is 41.5 Å². The Morgan fingerprint density at radius 2 is 2.04 bits per heavy atom. The summed E-state index contributed by atoms with van der Waals surface area (Å²) in [4.78, 5) is 11.7. The van der Waals surface area contributed by atoms with Gasteiger partial charge in [-0.1, -0.05) is 11.8 Å². The number of nitrogens with two attached hydrogens (primary N) is 1. The van der Waals surface area contributed by atoms with Crippen LogP contribution in [-0.2, 0) is 13.2 Å². The molecule has 1 unspecified atom stereocenters. The lowest BCUT2D eigenvalue weighted by atomic mass is 10.2. The van der Waals surface area contributed by atoms with E-state index in [2.05, 4.69) is 21.0 Å². The van der Waals surface area contributed by atoms with Crippen LogP contribution in [0, 0.1) is 11.3 Å². The van der Waals surface area contributed by atoms with Crippen LogP contribution in [0.1, 0.15) is 29.1 Å². The fraction of sp³-hybridized carbons (Fsp3) is 0.250. The van der Waals surface area contributed by atoms with Crippen molar-refractivity contribution in [3.63, 3.8) is 0 Å². The van der Waals surface area contributed by atoms with Crippen molar-refractivity contribution in [2.45, 2.75) is 23.5 Å². The molecule has 0 amide bonds. The summed E-state index contributed by atoms with van der Waals surface area (Å²) in [5.74, 6) is -0.250. The molecule has 0 aliphatic rings. The molecule has 0 radical (unpaired) electrons. The first kappa shape index (κ1) is 18.0. The molecule has 0 aliphatic carbocycles. The Kier molecular flexibility index (Phi) is 4.50. The van der Waals surface area contributed by atoms with Crippen LogP contribution in [0.4, 0.5) is 19.0 Å². The van der Waals surface area contributed by atoms with Crippen molar-refractivity contribution in [2.24, 2.45) is 7.05 Å². The number of alkyl halides is 3. The van der Waals surface area contributed by atoms with E-state index < -0.39 is 11.9 Å². The van der Waals surface area contributed by atoms with E-state index in [0.717, 1.165) is 22.7 Å². The fourth-order valence-corrected chi connectivity index (χ4v) is 3.34. The van der Waals surface area contributed by atoms with E-state index in [9.17, 15) is 18.4 Å². The summed E-state index contributed by atoms with van der Waals surface area (Å²) < 4.78 is 40.4. The Morgan fingerprint density at radius 1 is 1.31 bits per heavy atom. The van der Waals surface area contributed by atoms with Crippen LogP contribution in [0.15, 0.2) is 29.7 Å². The topological polar surface area (TPSA) is 93.4 Å². The summed E-state index contributed by atoms with van der Waals surface area (Å²) >= 11 is 1.02. The molecule has 0 fully saturated rings. The third-order valence-electron chi connectivity index (χ3n) is 3.73. The Hall–Kier alpha value is -2.80. The molecule has 0 aliphatic heterocycles. The molecule has 0 spiro atoms. The molecule has 0 saturated heterocycles. The number of aryl methyl sites for hydroxylation is 1. The average Bonchev–Trinajstić information content (AvgIpc) is 2.89. The smallest absolute Gasteiger partial charge is 0.384 e. The predicted molar refractivity (Wildman–Crippen MR) is 91.1 cm³/mol. The van der Waals surface area contributed by atoms with E-state index in [-0.39, 0.29) is 16.2 Å². The number of anilines is 1. The SMILES string of the molecule is CC(Sc1nc(N)cc(C(F)(F)F)n1)c1cc2c(C#N)cn(C)c2cn1. The number of fused-ring (bicyclic) bond motifs is 1. The Balaban J connectivity index is 1.93. The third-order valence-corrected chi connectivity index (χ3v) is 4.72. The number of nitriles is 1. The zero-order valence-electron chi connectivity index (χ0n) is 13.7. The normalized spacial score (nSPS) is 12.9. The molecule has 3 rings (SSSR count). The largest absolute Gasteiger partial charge is 0.433 e. The van der Waals surface area contributed by atoms with Gasteiger partial charge in [-0.3, -0.25) is 4.98 Å². The average molecular weight is 378 g/mol. The second-order valence-corrected chi connectivity index (χ2v) is 6.92. The highest BCUT2D eigenvalue weighted by Gasteiger charge is 2.33. The lowest BCUT2D eigenvalue weighted by Crippen LogP contribution is -2.11. The van der Waals surface area contributed by atoms with Gasteiger partial charge in [0.2, 0.25) is 0 Å². The first-order valence-corrected chi connectivity index (χ1v) is 8.30. The second kappa shape index (κ2) is 6.49. The molecule has 2 N–H and O–H groups in total. The standard InChI is InChI=1S/C16H13F3N6S/c1-8(26-15-23-13(16(17,18)19)4-14(21)24-15)11-3-10-9(5-20)7-25(2)12(10)6-22-11/h3-4,6-8H,1-2H3,(H2,21,23,24). The third kappa shape index (κ3) is 3.43. The van der Waals surface area contributed by atoms with Crippen molar-refractivity contribution >= 4 is 28.5 Å².